The fourth-order valence-electron chi connectivity index (χ4n) is 2.59. The van der Waals surface area contributed by atoms with Crippen molar-refractivity contribution in [3.8, 4) is 0 Å². The van der Waals surface area contributed by atoms with Crippen LogP contribution in [0.25, 0.3) is 0 Å². The molecule has 10 nitrogen and oxygen atoms in total. The van der Waals surface area contributed by atoms with E-state index in [1.807, 2.05) is 0 Å². The minimum Gasteiger partial charge on any atom is -0.463 e. The van der Waals surface area contributed by atoms with E-state index in [1.54, 1.807) is 0 Å². The predicted molar refractivity (Wildman–Crippen MR) is 93.8 cm³/mol. The minimum absolute atomic E-state index is 0.228. The van der Waals surface area contributed by atoms with Crippen LogP contribution in [0.3, 0.4) is 0 Å². The lowest BCUT2D eigenvalue weighted by Crippen LogP contribution is -2.66. The molecule has 0 saturated carbocycles. The van der Waals surface area contributed by atoms with Gasteiger partial charge in [0.2, 0.25) is 5.91 Å². The molecule has 3 unspecified atom stereocenters. The highest BCUT2D eigenvalue weighted by Crippen LogP contribution is 2.28. The van der Waals surface area contributed by atoms with Crippen molar-refractivity contribution in [2.75, 3.05) is 18.5 Å². The van der Waals surface area contributed by atoms with Gasteiger partial charge in [-0.1, -0.05) is 15.9 Å². The first-order valence-corrected chi connectivity index (χ1v) is 9.35. The van der Waals surface area contributed by atoms with Crippen molar-refractivity contribution in [1.82, 2.24) is 5.32 Å². The summed E-state index contributed by atoms with van der Waals surface area (Å²) in [5.41, 5.74) is 0. The van der Waals surface area contributed by atoms with Crippen molar-refractivity contribution in [1.29, 1.82) is 0 Å². The van der Waals surface area contributed by atoms with Gasteiger partial charge in [0.25, 0.3) is 0 Å². The van der Waals surface area contributed by atoms with Crippen molar-refractivity contribution in [3.63, 3.8) is 0 Å². The van der Waals surface area contributed by atoms with Crippen LogP contribution in [0.15, 0.2) is 0 Å². The SMILES string of the molecule is CC(=O)NC1C(OC(C)=O)[C@H](OC(C)=O)C(COC(C)=O)O[C@H]1OCCBr. The number of carbonyl (C=O) groups excluding carboxylic acids is 4. The molecule has 1 aliphatic rings. The summed E-state index contributed by atoms with van der Waals surface area (Å²) in [7, 11) is 0. The van der Waals surface area contributed by atoms with Gasteiger partial charge in [-0.2, -0.15) is 0 Å². The molecular weight excluding hydrogens is 430 g/mol. The Morgan fingerprint density at radius 1 is 0.963 bits per heavy atom. The number of esters is 3. The number of halogens is 1. The molecule has 1 saturated heterocycles. The normalized spacial score (nSPS) is 27.4. The molecule has 1 N–H and O–H groups in total. The van der Waals surface area contributed by atoms with Crippen molar-refractivity contribution >= 4 is 39.7 Å². The molecule has 0 radical (unpaired) electrons. The van der Waals surface area contributed by atoms with Crippen molar-refractivity contribution < 1.29 is 42.9 Å². The summed E-state index contributed by atoms with van der Waals surface area (Å²) in [5, 5.41) is 3.09. The first kappa shape index (κ1) is 23.3. The fourth-order valence-corrected chi connectivity index (χ4v) is 2.78. The largest absolute Gasteiger partial charge is 0.463 e. The Bertz CT molecular complexity index is 556. The van der Waals surface area contributed by atoms with E-state index in [2.05, 4.69) is 21.2 Å². The van der Waals surface area contributed by atoms with E-state index in [1.165, 1.54) is 27.7 Å². The van der Waals surface area contributed by atoms with Crippen LogP contribution in [0.5, 0.6) is 0 Å². The van der Waals surface area contributed by atoms with Gasteiger partial charge in [-0.15, -0.1) is 0 Å². The number of alkyl halides is 1. The maximum Gasteiger partial charge on any atom is 0.303 e. The van der Waals surface area contributed by atoms with Crippen molar-refractivity contribution in [2.24, 2.45) is 0 Å². The lowest BCUT2D eigenvalue weighted by Gasteiger charge is -2.44. The molecule has 1 heterocycles. The summed E-state index contributed by atoms with van der Waals surface area (Å²) < 4.78 is 26.9. The fraction of sp³-hybridized carbons (Fsp3) is 0.750. The third-order valence-corrected chi connectivity index (χ3v) is 3.75. The third kappa shape index (κ3) is 7.81. The monoisotopic (exact) mass is 453 g/mol. The molecule has 0 bridgehead atoms. The second-order valence-corrected chi connectivity index (χ2v) is 6.57. The molecule has 1 amide bonds. The Morgan fingerprint density at radius 3 is 2.04 bits per heavy atom. The van der Waals surface area contributed by atoms with Gasteiger partial charge < -0.3 is 29.0 Å². The van der Waals surface area contributed by atoms with E-state index in [-0.39, 0.29) is 13.2 Å². The maximum absolute atomic E-state index is 11.6. The molecular formula is C16H24BrNO9. The molecule has 11 heteroatoms. The van der Waals surface area contributed by atoms with E-state index in [0.717, 1.165) is 0 Å². The Balaban J connectivity index is 3.22. The molecule has 0 aromatic heterocycles. The molecule has 5 atom stereocenters. The second kappa shape index (κ2) is 11.2. The van der Waals surface area contributed by atoms with Gasteiger partial charge >= 0.3 is 17.9 Å². The van der Waals surface area contributed by atoms with E-state index in [9.17, 15) is 19.2 Å². The molecule has 0 aromatic carbocycles. The molecule has 0 aliphatic carbocycles. The van der Waals surface area contributed by atoms with Crippen LogP contribution in [0, 0.1) is 0 Å². The Morgan fingerprint density at radius 2 is 1.56 bits per heavy atom. The zero-order valence-corrected chi connectivity index (χ0v) is 17.1. The third-order valence-electron chi connectivity index (χ3n) is 3.43. The predicted octanol–water partition coefficient (Wildman–Crippen LogP) is 0.0540. The summed E-state index contributed by atoms with van der Waals surface area (Å²) in [6.07, 6.45) is -4.22. The number of ether oxygens (including phenoxy) is 5. The summed E-state index contributed by atoms with van der Waals surface area (Å²) >= 11 is 3.22. The highest BCUT2D eigenvalue weighted by molar-refractivity contribution is 9.09. The van der Waals surface area contributed by atoms with Gasteiger partial charge in [0, 0.05) is 33.0 Å². The van der Waals surface area contributed by atoms with Crippen molar-refractivity contribution in [3.05, 3.63) is 0 Å². The van der Waals surface area contributed by atoms with Crippen LogP contribution < -0.4 is 5.32 Å². The lowest BCUT2D eigenvalue weighted by atomic mass is 9.96. The van der Waals surface area contributed by atoms with Gasteiger partial charge in [-0.25, -0.2) is 0 Å². The molecule has 1 aliphatic heterocycles. The highest BCUT2D eigenvalue weighted by Gasteiger charge is 2.51. The average Bonchev–Trinajstić information content (AvgIpc) is 2.54. The van der Waals surface area contributed by atoms with Gasteiger partial charge in [-0.3, -0.25) is 19.2 Å². The number of amides is 1. The summed E-state index contributed by atoms with van der Waals surface area (Å²) in [5.74, 6) is -2.30. The summed E-state index contributed by atoms with van der Waals surface area (Å²) in [4.78, 5) is 46.0. The van der Waals surface area contributed by atoms with Gasteiger partial charge in [0.1, 0.15) is 18.8 Å². The minimum atomic E-state index is -1.12. The smallest absolute Gasteiger partial charge is 0.303 e. The Labute approximate surface area is 165 Å². The van der Waals surface area contributed by atoms with Gasteiger partial charge in [0.15, 0.2) is 18.5 Å². The lowest BCUT2D eigenvalue weighted by molar-refractivity contribution is -0.276. The molecule has 0 spiro atoms. The van der Waals surface area contributed by atoms with E-state index >= 15 is 0 Å². The molecule has 154 valence electrons. The first-order valence-electron chi connectivity index (χ1n) is 8.23. The van der Waals surface area contributed by atoms with Crippen LogP contribution >= 0.6 is 15.9 Å². The number of nitrogens with one attached hydrogen (secondary N) is 1. The standard InChI is InChI=1S/C16H24BrNO9/c1-8(19)18-13-15(26-11(4)22)14(25-10(3)21)12(7-24-9(2)20)27-16(13)23-6-5-17/h12-16H,5-7H2,1-4H3,(H,18,19)/t12?,13?,14-,15?,16-/m1/s1. The second-order valence-electron chi connectivity index (χ2n) is 5.78. The zero-order chi connectivity index (χ0) is 20.6. The van der Waals surface area contributed by atoms with Crippen LogP contribution in [-0.4, -0.2) is 73.0 Å². The van der Waals surface area contributed by atoms with Crippen LogP contribution in [0.2, 0.25) is 0 Å². The van der Waals surface area contributed by atoms with E-state index in [0.29, 0.717) is 5.33 Å². The Hall–Kier alpha value is -1.72. The number of hydrogen-bond acceptors (Lipinski definition) is 9. The zero-order valence-electron chi connectivity index (χ0n) is 15.6. The summed E-state index contributed by atoms with van der Waals surface area (Å²) in [6.45, 7) is 4.82. The van der Waals surface area contributed by atoms with Gasteiger partial charge in [-0.05, 0) is 0 Å². The molecule has 27 heavy (non-hydrogen) atoms. The molecule has 1 rings (SSSR count). The molecule has 0 aromatic rings. The van der Waals surface area contributed by atoms with E-state index < -0.39 is 54.5 Å². The van der Waals surface area contributed by atoms with Crippen LogP contribution in [0.1, 0.15) is 27.7 Å². The van der Waals surface area contributed by atoms with Gasteiger partial charge in [0.05, 0.1) is 6.61 Å². The number of carbonyl (C=O) groups is 4. The van der Waals surface area contributed by atoms with Crippen molar-refractivity contribution in [2.45, 2.75) is 58.3 Å². The maximum atomic E-state index is 11.6. The Kier molecular flexibility index (Phi) is 9.67. The quantitative estimate of drug-likeness (QED) is 0.308. The van der Waals surface area contributed by atoms with Crippen LogP contribution in [-0.2, 0) is 42.9 Å². The summed E-state index contributed by atoms with van der Waals surface area (Å²) in [6, 6.07) is -0.941. The average molecular weight is 454 g/mol. The van der Waals surface area contributed by atoms with E-state index in [4.69, 9.17) is 23.7 Å². The molecule has 1 fully saturated rings. The number of rotatable bonds is 8. The van der Waals surface area contributed by atoms with Crippen LogP contribution in [0.4, 0.5) is 0 Å². The first-order chi connectivity index (χ1) is 12.6. The number of hydrogen-bond donors (Lipinski definition) is 1. The topological polar surface area (TPSA) is 126 Å². The highest BCUT2D eigenvalue weighted by atomic mass is 79.9.